The van der Waals surface area contributed by atoms with Gasteiger partial charge in [0.15, 0.2) is 0 Å². The standard InChI is InChI=1S/C10H16F3NO3/c1-5(2)6(9(3,4)8(16)17)14-7(15)10(11,12)13/h5-6H,1-4H3,(H,14,15)(H,16,17)/t6-/m1/s1. The zero-order valence-corrected chi connectivity index (χ0v) is 10.1. The fraction of sp³-hybridized carbons (Fsp3) is 0.800. The van der Waals surface area contributed by atoms with Crippen LogP contribution in [0.3, 0.4) is 0 Å². The molecule has 100 valence electrons. The Morgan fingerprint density at radius 2 is 1.59 bits per heavy atom. The number of aliphatic carboxylic acids is 1. The predicted octanol–water partition coefficient (Wildman–Crippen LogP) is 1.80. The summed E-state index contributed by atoms with van der Waals surface area (Å²) in [6.07, 6.45) is -5.01. The van der Waals surface area contributed by atoms with Gasteiger partial charge in [0.1, 0.15) is 0 Å². The highest BCUT2D eigenvalue weighted by atomic mass is 19.4. The Hall–Kier alpha value is -1.27. The molecule has 0 saturated heterocycles. The van der Waals surface area contributed by atoms with Crippen LogP contribution in [-0.2, 0) is 9.59 Å². The number of carboxylic acids is 1. The van der Waals surface area contributed by atoms with E-state index in [4.69, 9.17) is 5.11 Å². The lowest BCUT2D eigenvalue weighted by Crippen LogP contribution is -2.54. The normalized spacial score (nSPS) is 14.6. The number of amides is 1. The molecule has 4 nitrogen and oxygen atoms in total. The van der Waals surface area contributed by atoms with Crippen LogP contribution in [0, 0.1) is 11.3 Å². The summed E-state index contributed by atoms with van der Waals surface area (Å²) in [6, 6.07) is -1.10. The topological polar surface area (TPSA) is 66.4 Å². The van der Waals surface area contributed by atoms with E-state index < -0.39 is 35.4 Å². The van der Waals surface area contributed by atoms with Gasteiger partial charge in [-0.25, -0.2) is 0 Å². The maximum Gasteiger partial charge on any atom is 0.471 e. The third kappa shape index (κ3) is 3.90. The minimum Gasteiger partial charge on any atom is -0.481 e. The molecule has 17 heavy (non-hydrogen) atoms. The number of halogens is 3. The summed E-state index contributed by atoms with van der Waals surface area (Å²) in [5, 5.41) is 10.7. The minimum absolute atomic E-state index is 0.438. The molecule has 0 aliphatic heterocycles. The van der Waals surface area contributed by atoms with E-state index in [2.05, 4.69) is 0 Å². The van der Waals surface area contributed by atoms with Crippen LogP contribution in [0.1, 0.15) is 27.7 Å². The first-order chi connectivity index (χ1) is 7.40. The number of carbonyl (C=O) groups excluding carboxylic acids is 1. The van der Waals surface area contributed by atoms with Gasteiger partial charge in [0, 0.05) is 6.04 Å². The first kappa shape index (κ1) is 15.7. The van der Waals surface area contributed by atoms with Gasteiger partial charge in [-0.15, -0.1) is 0 Å². The van der Waals surface area contributed by atoms with Gasteiger partial charge in [-0.3, -0.25) is 9.59 Å². The van der Waals surface area contributed by atoms with Crippen molar-refractivity contribution in [2.75, 3.05) is 0 Å². The van der Waals surface area contributed by atoms with Crippen molar-refractivity contribution in [2.24, 2.45) is 11.3 Å². The van der Waals surface area contributed by atoms with E-state index in [0.717, 1.165) is 0 Å². The maximum absolute atomic E-state index is 12.1. The molecule has 0 rings (SSSR count). The fourth-order valence-electron chi connectivity index (χ4n) is 1.54. The van der Waals surface area contributed by atoms with Crippen molar-refractivity contribution in [1.29, 1.82) is 0 Å². The van der Waals surface area contributed by atoms with Crippen LogP contribution in [0.25, 0.3) is 0 Å². The zero-order valence-electron chi connectivity index (χ0n) is 10.1. The van der Waals surface area contributed by atoms with Crippen LogP contribution in [0.15, 0.2) is 0 Å². The van der Waals surface area contributed by atoms with Crippen LogP contribution in [0.4, 0.5) is 13.2 Å². The van der Waals surface area contributed by atoms with Crippen LogP contribution >= 0.6 is 0 Å². The monoisotopic (exact) mass is 255 g/mol. The Labute approximate surface area is 97.2 Å². The van der Waals surface area contributed by atoms with Crippen molar-refractivity contribution >= 4 is 11.9 Å². The Bertz CT molecular complexity index is 310. The Kier molecular flexibility index (Phi) is 4.56. The summed E-state index contributed by atoms with van der Waals surface area (Å²) in [5.41, 5.74) is -1.48. The lowest BCUT2D eigenvalue weighted by molar-refractivity contribution is -0.176. The maximum atomic E-state index is 12.1. The number of hydrogen-bond donors (Lipinski definition) is 2. The molecular weight excluding hydrogens is 239 g/mol. The Morgan fingerprint density at radius 1 is 1.18 bits per heavy atom. The first-order valence-corrected chi connectivity index (χ1v) is 5.01. The Balaban J connectivity index is 5.04. The van der Waals surface area contributed by atoms with Crippen LogP contribution in [-0.4, -0.2) is 29.2 Å². The van der Waals surface area contributed by atoms with E-state index in [1.807, 2.05) is 0 Å². The number of carboxylic acid groups (broad SMARTS) is 1. The van der Waals surface area contributed by atoms with Gasteiger partial charge in [0.05, 0.1) is 5.41 Å². The van der Waals surface area contributed by atoms with E-state index in [1.165, 1.54) is 13.8 Å². The van der Waals surface area contributed by atoms with E-state index in [1.54, 1.807) is 19.2 Å². The number of nitrogens with one attached hydrogen (secondary N) is 1. The van der Waals surface area contributed by atoms with Gasteiger partial charge >= 0.3 is 18.1 Å². The third-order valence-electron chi connectivity index (χ3n) is 2.54. The molecule has 0 aromatic heterocycles. The first-order valence-electron chi connectivity index (χ1n) is 5.01. The van der Waals surface area contributed by atoms with Crippen molar-refractivity contribution in [3.63, 3.8) is 0 Å². The molecule has 0 spiro atoms. The summed E-state index contributed by atoms with van der Waals surface area (Å²) >= 11 is 0. The molecule has 0 saturated carbocycles. The highest BCUT2D eigenvalue weighted by Crippen LogP contribution is 2.27. The summed E-state index contributed by atoms with van der Waals surface area (Å²) in [6.45, 7) is 5.64. The van der Waals surface area contributed by atoms with E-state index in [0.29, 0.717) is 0 Å². The SMILES string of the molecule is CC(C)[C@@H](NC(=O)C(F)(F)F)C(C)(C)C(=O)O. The second-order valence-corrected chi connectivity index (χ2v) is 4.72. The second-order valence-electron chi connectivity index (χ2n) is 4.72. The third-order valence-corrected chi connectivity index (χ3v) is 2.54. The van der Waals surface area contributed by atoms with Crippen LogP contribution in [0.5, 0.6) is 0 Å². The molecular formula is C10H16F3NO3. The number of hydrogen-bond acceptors (Lipinski definition) is 2. The molecule has 0 aliphatic carbocycles. The van der Waals surface area contributed by atoms with Gasteiger partial charge in [-0.2, -0.15) is 13.2 Å². The summed E-state index contributed by atoms with van der Waals surface area (Å²) in [4.78, 5) is 21.8. The highest BCUT2D eigenvalue weighted by molar-refractivity contribution is 5.83. The van der Waals surface area contributed by atoms with Gasteiger partial charge in [-0.05, 0) is 19.8 Å². The highest BCUT2D eigenvalue weighted by Gasteiger charge is 2.45. The van der Waals surface area contributed by atoms with Crippen molar-refractivity contribution in [3.05, 3.63) is 0 Å². The molecule has 7 heteroatoms. The van der Waals surface area contributed by atoms with Gasteiger partial charge < -0.3 is 10.4 Å². The summed E-state index contributed by atoms with van der Waals surface area (Å²) in [5.74, 6) is -3.82. The van der Waals surface area contributed by atoms with Crippen molar-refractivity contribution in [1.82, 2.24) is 5.32 Å². The average molecular weight is 255 g/mol. The Morgan fingerprint density at radius 3 is 1.82 bits per heavy atom. The van der Waals surface area contributed by atoms with Crippen LogP contribution < -0.4 is 5.32 Å². The lowest BCUT2D eigenvalue weighted by Gasteiger charge is -2.34. The molecule has 0 heterocycles. The van der Waals surface area contributed by atoms with Gasteiger partial charge in [-0.1, -0.05) is 13.8 Å². The lowest BCUT2D eigenvalue weighted by atomic mass is 9.78. The summed E-state index contributed by atoms with van der Waals surface area (Å²) in [7, 11) is 0. The van der Waals surface area contributed by atoms with Crippen molar-refractivity contribution < 1.29 is 27.9 Å². The van der Waals surface area contributed by atoms with E-state index in [-0.39, 0.29) is 0 Å². The average Bonchev–Trinajstić information content (AvgIpc) is 2.10. The van der Waals surface area contributed by atoms with Crippen molar-refractivity contribution in [3.8, 4) is 0 Å². The van der Waals surface area contributed by atoms with Gasteiger partial charge in [0.25, 0.3) is 0 Å². The molecule has 0 unspecified atom stereocenters. The molecule has 1 atom stereocenters. The van der Waals surface area contributed by atoms with Gasteiger partial charge in [0.2, 0.25) is 0 Å². The molecule has 0 radical (unpaired) electrons. The molecule has 2 N–H and O–H groups in total. The molecule has 0 fully saturated rings. The fourth-order valence-corrected chi connectivity index (χ4v) is 1.54. The summed E-state index contributed by atoms with van der Waals surface area (Å²) < 4.78 is 36.3. The van der Waals surface area contributed by atoms with E-state index in [9.17, 15) is 22.8 Å². The minimum atomic E-state index is -5.01. The van der Waals surface area contributed by atoms with E-state index >= 15 is 0 Å². The largest absolute Gasteiger partial charge is 0.481 e. The van der Waals surface area contributed by atoms with Crippen LogP contribution in [0.2, 0.25) is 0 Å². The molecule has 0 bridgehead atoms. The molecule has 0 aromatic carbocycles. The number of alkyl halides is 3. The quantitative estimate of drug-likeness (QED) is 0.805. The molecule has 1 amide bonds. The number of carbonyl (C=O) groups is 2. The molecule has 0 aromatic rings. The zero-order chi connectivity index (χ0) is 14.0. The predicted molar refractivity (Wildman–Crippen MR) is 54.2 cm³/mol. The number of rotatable bonds is 4. The second kappa shape index (κ2) is 4.93. The molecule has 0 aliphatic rings. The van der Waals surface area contributed by atoms with Crippen molar-refractivity contribution in [2.45, 2.75) is 39.9 Å². The smallest absolute Gasteiger partial charge is 0.471 e.